The highest BCUT2D eigenvalue weighted by atomic mass is 79.9. The molecule has 0 aliphatic carbocycles. The molecule has 100 valence electrons. The monoisotopic (exact) mass is 329 g/mol. The number of nitrogens with zero attached hydrogens (tertiary/aromatic N) is 1. The van der Waals surface area contributed by atoms with Gasteiger partial charge in [0, 0.05) is 10.2 Å². The number of hydrogen-bond acceptors (Lipinski definition) is 3. The number of amides is 1. The Morgan fingerprint density at radius 2 is 1.95 bits per heavy atom. The average molecular weight is 330 g/mol. The van der Waals surface area contributed by atoms with E-state index in [-0.39, 0.29) is 0 Å². The van der Waals surface area contributed by atoms with E-state index < -0.39 is 11.9 Å². The summed E-state index contributed by atoms with van der Waals surface area (Å²) >= 11 is 3.31. The summed E-state index contributed by atoms with van der Waals surface area (Å²) in [6.45, 7) is 0. The van der Waals surface area contributed by atoms with Gasteiger partial charge in [0.2, 0.25) is 5.91 Å². The third-order valence-electron chi connectivity index (χ3n) is 2.82. The van der Waals surface area contributed by atoms with Gasteiger partial charge in [-0.1, -0.05) is 30.3 Å². The predicted molar refractivity (Wildman–Crippen MR) is 80.9 cm³/mol. The molecule has 0 spiro atoms. The number of benzene rings is 2. The largest absolute Gasteiger partial charge is 0.370 e. The quantitative estimate of drug-likeness (QED) is 0.904. The minimum atomic E-state index is -0.615. The lowest BCUT2D eigenvalue weighted by Crippen LogP contribution is -2.27. The number of primary amides is 1. The lowest BCUT2D eigenvalue weighted by Gasteiger charge is -2.17. The van der Waals surface area contributed by atoms with Crippen LogP contribution in [0.5, 0.6) is 0 Å². The van der Waals surface area contributed by atoms with E-state index >= 15 is 0 Å². The Labute approximate surface area is 125 Å². The second kappa shape index (κ2) is 6.22. The lowest BCUT2D eigenvalue weighted by molar-refractivity contribution is -0.118. The summed E-state index contributed by atoms with van der Waals surface area (Å²) in [5.41, 5.74) is 7.48. The topological polar surface area (TPSA) is 78.9 Å². The Morgan fingerprint density at radius 1 is 1.25 bits per heavy atom. The van der Waals surface area contributed by atoms with Crippen molar-refractivity contribution in [2.24, 2.45) is 5.73 Å². The third-order valence-corrected chi connectivity index (χ3v) is 3.47. The van der Waals surface area contributed by atoms with Crippen LogP contribution in [0.4, 0.5) is 5.69 Å². The van der Waals surface area contributed by atoms with Crippen LogP contribution in [-0.2, 0) is 4.79 Å². The number of hydrogen-bond donors (Lipinski definition) is 2. The van der Waals surface area contributed by atoms with E-state index in [0.29, 0.717) is 15.7 Å². The average Bonchev–Trinajstić information content (AvgIpc) is 2.45. The fourth-order valence-electron chi connectivity index (χ4n) is 1.83. The molecule has 4 nitrogen and oxygen atoms in total. The highest BCUT2D eigenvalue weighted by Crippen LogP contribution is 2.24. The molecule has 0 aromatic heterocycles. The van der Waals surface area contributed by atoms with E-state index in [9.17, 15) is 4.79 Å². The van der Waals surface area contributed by atoms with Gasteiger partial charge in [-0.25, -0.2) is 0 Å². The Morgan fingerprint density at radius 3 is 2.50 bits per heavy atom. The summed E-state index contributed by atoms with van der Waals surface area (Å²) in [7, 11) is 0. The maximum atomic E-state index is 11.6. The number of carbonyl (C=O) groups is 1. The van der Waals surface area contributed by atoms with Crippen molar-refractivity contribution in [1.29, 1.82) is 5.26 Å². The third kappa shape index (κ3) is 3.16. The molecule has 0 saturated heterocycles. The van der Waals surface area contributed by atoms with E-state index in [1.807, 2.05) is 30.3 Å². The molecule has 3 N–H and O–H groups in total. The van der Waals surface area contributed by atoms with E-state index in [0.717, 1.165) is 5.56 Å². The summed E-state index contributed by atoms with van der Waals surface area (Å²) in [4.78, 5) is 11.6. The van der Waals surface area contributed by atoms with Crippen LogP contribution in [-0.4, -0.2) is 5.91 Å². The molecule has 2 rings (SSSR count). The highest BCUT2D eigenvalue weighted by molar-refractivity contribution is 9.10. The van der Waals surface area contributed by atoms with Crippen LogP contribution in [0.25, 0.3) is 0 Å². The number of nitrogens with two attached hydrogens (primary N) is 1. The number of rotatable bonds is 4. The van der Waals surface area contributed by atoms with Gasteiger partial charge >= 0.3 is 0 Å². The molecule has 1 amide bonds. The van der Waals surface area contributed by atoms with E-state index in [1.54, 1.807) is 18.2 Å². The smallest absolute Gasteiger partial charge is 0.244 e. The summed E-state index contributed by atoms with van der Waals surface area (Å²) < 4.78 is 0.668. The van der Waals surface area contributed by atoms with E-state index in [2.05, 4.69) is 27.3 Å². The molecule has 0 saturated carbocycles. The van der Waals surface area contributed by atoms with Crippen molar-refractivity contribution in [3.8, 4) is 6.07 Å². The number of nitriles is 1. The van der Waals surface area contributed by atoms with Crippen molar-refractivity contribution in [3.05, 3.63) is 64.1 Å². The van der Waals surface area contributed by atoms with Crippen molar-refractivity contribution in [3.63, 3.8) is 0 Å². The van der Waals surface area contributed by atoms with Gasteiger partial charge in [-0.15, -0.1) is 0 Å². The highest BCUT2D eigenvalue weighted by Gasteiger charge is 2.17. The van der Waals surface area contributed by atoms with E-state index in [1.165, 1.54) is 0 Å². The number of halogens is 1. The molecule has 0 aliphatic heterocycles. The van der Waals surface area contributed by atoms with Crippen LogP contribution in [0.2, 0.25) is 0 Å². The van der Waals surface area contributed by atoms with Crippen molar-refractivity contribution < 1.29 is 4.79 Å². The molecule has 5 heteroatoms. The minimum Gasteiger partial charge on any atom is -0.370 e. The van der Waals surface area contributed by atoms with Crippen molar-refractivity contribution in [2.45, 2.75) is 6.04 Å². The molecule has 2 aromatic carbocycles. The summed E-state index contributed by atoms with van der Waals surface area (Å²) in [6.07, 6.45) is 0. The predicted octanol–water partition coefficient (Wildman–Crippen LogP) is 2.96. The summed E-state index contributed by atoms with van der Waals surface area (Å²) in [5.74, 6) is -0.461. The Balaban J connectivity index is 2.28. The minimum absolute atomic E-state index is 0.461. The molecule has 20 heavy (non-hydrogen) atoms. The second-order valence-corrected chi connectivity index (χ2v) is 5.05. The zero-order valence-electron chi connectivity index (χ0n) is 10.5. The standard InChI is InChI=1S/C15H12BrN3O/c16-13-8-12(7-6-11(13)9-17)19-14(15(18)20)10-4-2-1-3-5-10/h1-8,14,19H,(H2,18,20). The van der Waals surface area contributed by atoms with Crippen molar-refractivity contribution >= 4 is 27.5 Å². The molecular weight excluding hydrogens is 318 g/mol. The summed E-state index contributed by atoms with van der Waals surface area (Å²) in [6, 6.07) is 15.9. The van der Waals surface area contributed by atoms with Crippen molar-refractivity contribution in [1.82, 2.24) is 0 Å². The molecule has 0 bridgehead atoms. The van der Waals surface area contributed by atoms with Gasteiger partial charge in [-0.05, 0) is 39.7 Å². The SMILES string of the molecule is N#Cc1ccc(NC(C(N)=O)c2ccccc2)cc1Br. The maximum Gasteiger partial charge on any atom is 0.244 e. The number of anilines is 1. The first-order valence-corrected chi connectivity index (χ1v) is 6.71. The molecule has 0 aliphatic rings. The van der Waals surface area contributed by atoms with Crippen LogP contribution in [0, 0.1) is 11.3 Å². The zero-order chi connectivity index (χ0) is 14.5. The normalized spacial score (nSPS) is 11.4. The second-order valence-electron chi connectivity index (χ2n) is 4.20. The summed E-state index contributed by atoms with van der Waals surface area (Å²) in [5, 5.41) is 12.0. The fraction of sp³-hybridized carbons (Fsp3) is 0.0667. The van der Waals surface area contributed by atoms with E-state index in [4.69, 9.17) is 11.0 Å². The maximum absolute atomic E-state index is 11.6. The van der Waals surface area contributed by atoms with Gasteiger partial charge in [-0.2, -0.15) is 5.26 Å². The molecule has 2 aromatic rings. The molecule has 1 atom stereocenters. The Hall–Kier alpha value is -2.32. The van der Waals surface area contributed by atoms with Crippen LogP contribution < -0.4 is 11.1 Å². The molecule has 0 radical (unpaired) electrons. The van der Waals surface area contributed by atoms with Crippen LogP contribution in [0.3, 0.4) is 0 Å². The van der Waals surface area contributed by atoms with Crippen LogP contribution >= 0.6 is 15.9 Å². The number of nitrogens with one attached hydrogen (secondary N) is 1. The van der Waals surface area contributed by atoms with Crippen LogP contribution in [0.1, 0.15) is 17.2 Å². The van der Waals surface area contributed by atoms with Gasteiger partial charge in [0.05, 0.1) is 5.56 Å². The fourth-order valence-corrected chi connectivity index (χ4v) is 2.29. The first kappa shape index (κ1) is 14.1. The van der Waals surface area contributed by atoms with Gasteiger partial charge in [0.1, 0.15) is 12.1 Å². The van der Waals surface area contributed by atoms with Gasteiger partial charge in [0.15, 0.2) is 0 Å². The molecular formula is C15H12BrN3O. The van der Waals surface area contributed by atoms with Crippen molar-refractivity contribution in [2.75, 3.05) is 5.32 Å². The first-order valence-electron chi connectivity index (χ1n) is 5.92. The van der Waals surface area contributed by atoms with Gasteiger partial charge < -0.3 is 11.1 Å². The zero-order valence-corrected chi connectivity index (χ0v) is 12.1. The van der Waals surface area contributed by atoms with Gasteiger partial charge in [-0.3, -0.25) is 4.79 Å². The Kier molecular flexibility index (Phi) is 4.38. The van der Waals surface area contributed by atoms with Gasteiger partial charge in [0.25, 0.3) is 0 Å². The molecule has 0 heterocycles. The molecule has 1 unspecified atom stereocenters. The first-order chi connectivity index (χ1) is 9.61. The number of carbonyl (C=O) groups excluding carboxylic acids is 1. The lowest BCUT2D eigenvalue weighted by atomic mass is 10.1. The van der Waals surface area contributed by atoms with Crippen LogP contribution in [0.15, 0.2) is 53.0 Å². The molecule has 0 fully saturated rings. The Bertz CT molecular complexity index is 665.